The Labute approximate surface area is 147 Å². The number of furan rings is 1. The number of hydrogen-bond donors (Lipinski definition) is 3. The Balaban J connectivity index is 1.79. The van der Waals surface area contributed by atoms with Crippen molar-refractivity contribution in [1.29, 1.82) is 0 Å². The van der Waals surface area contributed by atoms with E-state index in [1.54, 1.807) is 6.07 Å². The number of benzene rings is 1. The van der Waals surface area contributed by atoms with Crippen LogP contribution in [0.4, 0.5) is 4.79 Å². The van der Waals surface area contributed by atoms with Gasteiger partial charge in [0, 0.05) is 6.54 Å². The van der Waals surface area contributed by atoms with Crippen molar-refractivity contribution in [2.45, 2.75) is 26.8 Å². The van der Waals surface area contributed by atoms with Crippen molar-refractivity contribution >= 4 is 11.9 Å². The monoisotopic (exact) mass is 343 g/mol. The molecule has 134 valence electrons. The zero-order chi connectivity index (χ0) is 18.2. The molecule has 0 saturated heterocycles. The lowest BCUT2D eigenvalue weighted by Gasteiger charge is -2.21. The van der Waals surface area contributed by atoms with Crippen LogP contribution in [0.1, 0.15) is 35.7 Å². The van der Waals surface area contributed by atoms with Crippen LogP contribution in [0, 0.1) is 11.8 Å². The van der Waals surface area contributed by atoms with E-state index in [9.17, 15) is 9.59 Å². The first-order valence-electron chi connectivity index (χ1n) is 8.40. The summed E-state index contributed by atoms with van der Waals surface area (Å²) in [5.74, 6) is 0.729. The summed E-state index contributed by atoms with van der Waals surface area (Å²) in [6, 6.07) is 13.1. The lowest BCUT2D eigenvalue weighted by Crippen LogP contribution is -2.39. The molecule has 0 saturated carbocycles. The molecule has 1 aromatic heterocycles. The van der Waals surface area contributed by atoms with E-state index < -0.39 is 5.91 Å². The fourth-order valence-electron chi connectivity index (χ4n) is 2.52. The SMILES string of the molecule is CC(C)[C@@H](CNC(=O)NCc1ccc(C(N)=O)o1)Cc1ccccc1. The Morgan fingerprint density at radius 1 is 1.08 bits per heavy atom. The molecule has 0 bridgehead atoms. The molecule has 1 aromatic carbocycles. The highest BCUT2D eigenvalue weighted by atomic mass is 16.4. The molecule has 2 aromatic rings. The molecule has 0 spiro atoms. The fraction of sp³-hybridized carbons (Fsp3) is 0.368. The van der Waals surface area contributed by atoms with E-state index in [2.05, 4.69) is 36.6 Å². The minimum Gasteiger partial charge on any atom is -0.454 e. The molecular formula is C19H25N3O3. The number of carbonyl (C=O) groups excluding carboxylic acids is 2. The third kappa shape index (κ3) is 5.99. The second kappa shape index (κ2) is 8.92. The number of nitrogens with one attached hydrogen (secondary N) is 2. The van der Waals surface area contributed by atoms with Crippen molar-refractivity contribution in [3.05, 3.63) is 59.5 Å². The zero-order valence-corrected chi connectivity index (χ0v) is 14.6. The van der Waals surface area contributed by atoms with Gasteiger partial charge >= 0.3 is 6.03 Å². The first-order chi connectivity index (χ1) is 12.0. The number of carbonyl (C=O) groups is 2. The molecule has 0 aliphatic heterocycles. The van der Waals surface area contributed by atoms with E-state index in [4.69, 9.17) is 10.2 Å². The Bertz CT molecular complexity index is 695. The third-order valence-electron chi connectivity index (χ3n) is 4.14. The van der Waals surface area contributed by atoms with Crippen LogP contribution in [-0.2, 0) is 13.0 Å². The summed E-state index contributed by atoms with van der Waals surface area (Å²) in [6.45, 7) is 5.09. The Morgan fingerprint density at radius 2 is 1.80 bits per heavy atom. The minimum absolute atomic E-state index is 0.0833. The van der Waals surface area contributed by atoms with Gasteiger partial charge in [0.25, 0.3) is 5.91 Å². The molecule has 0 radical (unpaired) electrons. The van der Waals surface area contributed by atoms with Crippen molar-refractivity contribution in [2.24, 2.45) is 17.6 Å². The summed E-state index contributed by atoms with van der Waals surface area (Å²) in [7, 11) is 0. The quantitative estimate of drug-likeness (QED) is 0.687. The smallest absolute Gasteiger partial charge is 0.315 e. The van der Waals surface area contributed by atoms with Crippen molar-refractivity contribution in [3.8, 4) is 0 Å². The molecule has 2 rings (SSSR count). The number of rotatable bonds is 8. The number of nitrogens with two attached hydrogens (primary N) is 1. The van der Waals surface area contributed by atoms with Gasteiger partial charge in [-0.15, -0.1) is 0 Å². The van der Waals surface area contributed by atoms with Gasteiger partial charge in [-0.3, -0.25) is 4.79 Å². The van der Waals surface area contributed by atoms with Crippen LogP contribution in [0.5, 0.6) is 0 Å². The Kier molecular flexibility index (Phi) is 6.62. The van der Waals surface area contributed by atoms with Crippen LogP contribution in [-0.4, -0.2) is 18.5 Å². The second-order valence-electron chi connectivity index (χ2n) is 6.39. The molecule has 4 N–H and O–H groups in total. The van der Waals surface area contributed by atoms with E-state index in [0.29, 0.717) is 24.1 Å². The third-order valence-corrected chi connectivity index (χ3v) is 4.14. The van der Waals surface area contributed by atoms with E-state index in [-0.39, 0.29) is 18.3 Å². The highest BCUT2D eigenvalue weighted by Crippen LogP contribution is 2.16. The van der Waals surface area contributed by atoms with E-state index in [1.165, 1.54) is 11.6 Å². The maximum absolute atomic E-state index is 12.0. The highest BCUT2D eigenvalue weighted by Gasteiger charge is 2.15. The predicted molar refractivity (Wildman–Crippen MR) is 95.9 cm³/mol. The lowest BCUT2D eigenvalue weighted by atomic mass is 9.89. The summed E-state index contributed by atoms with van der Waals surface area (Å²) in [5, 5.41) is 5.61. The van der Waals surface area contributed by atoms with Crippen LogP contribution >= 0.6 is 0 Å². The molecule has 6 nitrogen and oxygen atoms in total. The van der Waals surface area contributed by atoms with Crippen LogP contribution in [0.2, 0.25) is 0 Å². The second-order valence-corrected chi connectivity index (χ2v) is 6.39. The molecular weight excluding hydrogens is 318 g/mol. The molecule has 0 unspecified atom stereocenters. The largest absolute Gasteiger partial charge is 0.454 e. The van der Waals surface area contributed by atoms with E-state index in [1.807, 2.05) is 18.2 Å². The molecule has 1 atom stereocenters. The molecule has 25 heavy (non-hydrogen) atoms. The minimum atomic E-state index is -0.628. The number of hydrogen-bond acceptors (Lipinski definition) is 3. The van der Waals surface area contributed by atoms with Gasteiger partial charge in [-0.2, -0.15) is 0 Å². The maximum Gasteiger partial charge on any atom is 0.315 e. The van der Waals surface area contributed by atoms with E-state index in [0.717, 1.165) is 6.42 Å². The van der Waals surface area contributed by atoms with Gasteiger partial charge in [0.15, 0.2) is 5.76 Å². The predicted octanol–water partition coefficient (Wildman–Crippen LogP) is 2.69. The molecule has 1 heterocycles. The standard InChI is InChI=1S/C19H25N3O3/c1-13(2)15(10-14-6-4-3-5-7-14)11-21-19(24)22-12-16-8-9-17(25-16)18(20)23/h3-9,13,15H,10-12H2,1-2H3,(H2,20,23)(H2,21,22,24)/t15-/m1/s1. The summed E-state index contributed by atoms with van der Waals surface area (Å²) >= 11 is 0. The average molecular weight is 343 g/mol. The Hall–Kier alpha value is -2.76. The Morgan fingerprint density at radius 3 is 2.40 bits per heavy atom. The highest BCUT2D eigenvalue weighted by molar-refractivity contribution is 5.89. The lowest BCUT2D eigenvalue weighted by molar-refractivity contribution is 0.0972. The van der Waals surface area contributed by atoms with Gasteiger partial charge in [-0.25, -0.2) is 4.79 Å². The first kappa shape index (κ1) is 18.6. The first-order valence-corrected chi connectivity index (χ1v) is 8.40. The molecule has 0 aliphatic carbocycles. The van der Waals surface area contributed by atoms with Crippen molar-refractivity contribution in [1.82, 2.24) is 10.6 Å². The molecule has 0 fully saturated rings. The zero-order valence-electron chi connectivity index (χ0n) is 14.6. The maximum atomic E-state index is 12.0. The summed E-state index contributed by atoms with van der Waals surface area (Å²) in [5.41, 5.74) is 6.39. The molecule has 6 heteroatoms. The fourth-order valence-corrected chi connectivity index (χ4v) is 2.52. The average Bonchev–Trinajstić information content (AvgIpc) is 3.06. The van der Waals surface area contributed by atoms with Crippen LogP contribution in [0.25, 0.3) is 0 Å². The van der Waals surface area contributed by atoms with Gasteiger partial charge in [0.05, 0.1) is 6.54 Å². The van der Waals surface area contributed by atoms with Gasteiger partial charge in [0.1, 0.15) is 5.76 Å². The van der Waals surface area contributed by atoms with Gasteiger partial charge in [-0.1, -0.05) is 44.2 Å². The van der Waals surface area contributed by atoms with Crippen molar-refractivity contribution in [3.63, 3.8) is 0 Å². The van der Waals surface area contributed by atoms with Gasteiger partial charge in [-0.05, 0) is 36.0 Å². The topological polar surface area (TPSA) is 97.4 Å². The number of urea groups is 1. The summed E-state index contributed by atoms with van der Waals surface area (Å²) in [6.07, 6.45) is 0.916. The summed E-state index contributed by atoms with van der Waals surface area (Å²) in [4.78, 5) is 23.0. The molecule has 3 amide bonds. The number of primary amides is 1. The van der Waals surface area contributed by atoms with Crippen LogP contribution in [0.3, 0.4) is 0 Å². The van der Waals surface area contributed by atoms with Crippen molar-refractivity contribution in [2.75, 3.05) is 6.54 Å². The van der Waals surface area contributed by atoms with Gasteiger partial charge < -0.3 is 20.8 Å². The van der Waals surface area contributed by atoms with E-state index >= 15 is 0 Å². The van der Waals surface area contributed by atoms with Crippen LogP contribution < -0.4 is 16.4 Å². The number of amides is 3. The molecule has 0 aliphatic rings. The summed E-state index contributed by atoms with van der Waals surface area (Å²) < 4.78 is 5.22. The van der Waals surface area contributed by atoms with Crippen molar-refractivity contribution < 1.29 is 14.0 Å². The van der Waals surface area contributed by atoms with Crippen LogP contribution in [0.15, 0.2) is 46.9 Å². The van der Waals surface area contributed by atoms with Gasteiger partial charge in [0.2, 0.25) is 0 Å². The normalized spacial score (nSPS) is 12.0.